The van der Waals surface area contributed by atoms with E-state index in [2.05, 4.69) is 121 Å². The van der Waals surface area contributed by atoms with Crippen molar-refractivity contribution < 1.29 is 37.3 Å². The molecule has 9 rings (SSSR count). The van der Waals surface area contributed by atoms with E-state index in [1.54, 1.807) is 0 Å². The number of H-pyrrole nitrogens is 1. The Morgan fingerprint density at radius 3 is 1.82 bits per heavy atom. The van der Waals surface area contributed by atoms with Crippen molar-refractivity contribution in [2.24, 2.45) is 0 Å². The highest BCUT2D eigenvalue weighted by Gasteiger charge is 2.59. The predicted octanol–water partition coefficient (Wildman–Crippen LogP) is 7.39. The molecule has 19 heteroatoms. The van der Waals surface area contributed by atoms with E-state index in [0.29, 0.717) is 65.2 Å². The van der Waals surface area contributed by atoms with E-state index in [9.17, 15) is 9.59 Å². The van der Waals surface area contributed by atoms with E-state index in [1.807, 2.05) is 44.4 Å². The second-order valence-electron chi connectivity index (χ2n) is 22.9. The Kier molecular flexibility index (Phi) is 14.3. The zero-order chi connectivity index (χ0) is 51.7. The van der Waals surface area contributed by atoms with Crippen molar-refractivity contribution in [2.75, 3.05) is 12.3 Å². The fourth-order valence-electron chi connectivity index (χ4n) is 12.6. The summed E-state index contributed by atoms with van der Waals surface area (Å²) >= 11 is 0. The molecule has 390 valence electrons. The fourth-order valence-corrected chi connectivity index (χ4v) is 22.6. The number of benzene rings is 2. The third kappa shape index (κ3) is 9.40. The third-order valence-corrected chi connectivity index (χ3v) is 26.4. The maximum absolute atomic E-state index is 14.0. The van der Waals surface area contributed by atoms with Crippen LogP contribution in [-0.2, 0) is 50.3 Å². The lowest BCUT2D eigenvalue weighted by Crippen LogP contribution is -2.66. The molecule has 0 saturated carbocycles. The number of rotatable bonds is 17. The molecule has 0 radical (unpaired) electrons. The van der Waals surface area contributed by atoms with Crippen LogP contribution in [0.1, 0.15) is 127 Å². The van der Waals surface area contributed by atoms with Crippen molar-refractivity contribution in [2.45, 2.75) is 198 Å². The van der Waals surface area contributed by atoms with E-state index < -0.39 is 88.5 Å². The van der Waals surface area contributed by atoms with E-state index in [-0.39, 0.29) is 17.5 Å². The third-order valence-electron chi connectivity index (χ3n) is 15.4. The molecule has 0 amide bonds. The first-order valence-corrected chi connectivity index (χ1v) is 29.8. The molecule has 4 saturated heterocycles. The molecule has 17 nitrogen and oxygen atoms in total. The van der Waals surface area contributed by atoms with Gasteiger partial charge in [0.15, 0.2) is 49.3 Å². The SMILES string of the molecule is CC(C)[Si](OC[C@H]1O[C@@H](n2c(CCC[C@H]3O[C@@H](n4c(CO[Si](c5ccccc5)(c5ccccc5)C(C)(C)C)nc5c(N)ncnc54)[C@@H]4OC(C)(C)O[C@@H]43)cc(=O)[nH]c2=O)[C@@H]2OC(C)(C)O[C@@H]21)(C(C)C)C(C)C. The maximum Gasteiger partial charge on any atom is 0.330 e. The Bertz CT molecular complexity index is 2770. The number of anilines is 1. The van der Waals surface area contributed by atoms with Gasteiger partial charge in [-0.15, -0.1) is 0 Å². The molecule has 4 aliphatic rings. The predicted molar refractivity (Wildman–Crippen MR) is 279 cm³/mol. The molecule has 2 aromatic carbocycles. The van der Waals surface area contributed by atoms with E-state index in [1.165, 1.54) is 17.0 Å². The molecule has 0 aliphatic carbocycles. The summed E-state index contributed by atoms with van der Waals surface area (Å²) in [6.45, 7) is 28.1. The van der Waals surface area contributed by atoms with Gasteiger partial charge in [-0.1, -0.05) is 123 Å². The highest BCUT2D eigenvalue weighted by molar-refractivity contribution is 6.99. The average Bonchev–Trinajstić information content (AvgIpc) is 4.08. The Labute approximate surface area is 424 Å². The second kappa shape index (κ2) is 19.7. The van der Waals surface area contributed by atoms with Gasteiger partial charge in [-0.2, -0.15) is 0 Å². The molecule has 3 aromatic heterocycles. The second-order valence-corrected chi connectivity index (χ2v) is 32.6. The molecular weight excluding hydrogens is 951 g/mol. The van der Waals surface area contributed by atoms with Crippen LogP contribution in [0, 0.1) is 0 Å². The summed E-state index contributed by atoms with van der Waals surface area (Å²) in [5.41, 5.74) is 7.95. The number of ether oxygens (including phenoxy) is 6. The molecule has 72 heavy (non-hydrogen) atoms. The summed E-state index contributed by atoms with van der Waals surface area (Å²) < 4.78 is 58.1. The van der Waals surface area contributed by atoms with Crippen LogP contribution in [0.3, 0.4) is 0 Å². The van der Waals surface area contributed by atoms with E-state index >= 15 is 0 Å². The van der Waals surface area contributed by atoms with Gasteiger partial charge in [0.05, 0.1) is 19.3 Å². The number of aromatic nitrogens is 6. The monoisotopic (exact) mass is 1030 g/mol. The first-order valence-electron chi connectivity index (χ1n) is 25.7. The number of nitrogens with two attached hydrogens (primary N) is 1. The number of aryl methyl sites for hydroxylation is 1. The normalized spacial score (nSPS) is 26.1. The number of imidazole rings is 1. The first-order chi connectivity index (χ1) is 34.0. The minimum Gasteiger partial charge on any atom is -0.413 e. The molecule has 0 unspecified atom stereocenters. The number of nitrogens with one attached hydrogen (secondary N) is 1. The molecular formula is C53H75N7O10Si2. The van der Waals surface area contributed by atoms with Crippen LogP contribution in [0.4, 0.5) is 5.82 Å². The van der Waals surface area contributed by atoms with Gasteiger partial charge in [-0.25, -0.2) is 19.7 Å². The molecule has 5 aromatic rings. The van der Waals surface area contributed by atoms with Crippen LogP contribution in [0.2, 0.25) is 21.7 Å². The zero-order valence-electron chi connectivity index (χ0n) is 44.2. The van der Waals surface area contributed by atoms with Gasteiger partial charge in [-0.3, -0.25) is 18.9 Å². The largest absolute Gasteiger partial charge is 0.413 e. The summed E-state index contributed by atoms with van der Waals surface area (Å²) in [7, 11) is -5.32. The van der Waals surface area contributed by atoms with Gasteiger partial charge < -0.3 is 43.0 Å². The summed E-state index contributed by atoms with van der Waals surface area (Å²) in [6.07, 6.45) is -2.04. The first kappa shape index (κ1) is 52.4. The minimum atomic E-state index is -3.03. The van der Waals surface area contributed by atoms with Crippen LogP contribution in [0.5, 0.6) is 0 Å². The Morgan fingerprint density at radius 1 is 0.736 bits per heavy atom. The van der Waals surface area contributed by atoms with Crippen LogP contribution >= 0.6 is 0 Å². The lowest BCUT2D eigenvalue weighted by molar-refractivity contribution is -0.200. The number of hydrogen-bond donors (Lipinski definition) is 2. The number of nitrogens with zero attached hydrogens (tertiary/aromatic N) is 5. The van der Waals surface area contributed by atoms with E-state index in [4.69, 9.17) is 53.0 Å². The van der Waals surface area contributed by atoms with Crippen molar-refractivity contribution in [3.05, 3.63) is 105 Å². The van der Waals surface area contributed by atoms with Gasteiger partial charge >= 0.3 is 5.69 Å². The van der Waals surface area contributed by atoms with Gasteiger partial charge in [-0.05, 0) is 79.0 Å². The Morgan fingerprint density at radius 2 is 1.26 bits per heavy atom. The molecule has 3 N–H and O–H groups in total. The molecule has 0 spiro atoms. The summed E-state index contributed by atoms with van der Waals surface area (Å²) in [4.78, 5) is 43.7. The van der Waals surface area contributed by atoms with E-state index in [0.717, 1.165) is 10.4 Å². The van der Waals surface area contributed by atoms with Crippen LogP contribution < -0.4 is 27.4 Å². The summed E-state index contributed by atoms with van der Waals surface area (Å²) in [6, 6.07) is 22.4. The van der Waals surface area contributed by atoms with Crippen LogP contribution in [-0.4, -0.2) is 101 Å². The molecule has 8 atom stereocenters. The van der Waals surface area contributed by atoms with Gasteiger partial charge in [0.1, 0.15) is 42.7 Å². The molecule has 4 aliphatic heterocycles. The topological polar surface area (TPSA) is 198 Å². The van der Waals surface area contributed by atoms with Crippen molar-refractivity contribution in [3.8, 4) is 0 Å². The lowest BCUT2D eigenvalue weighted by Gasteiger charge is -2.43. The highest BCUT2D eigenvalue weighted by atomic mass is 28.4. The minimum absolute atomic E-state index is 0.106. The number of aromatic amines is 1. The summed E-state index contributed by atoms with van der Waals surface area (Å²) in [5.74, 6) is -1.08. The molecule has 0 bridgehead atoms. The molecule has 4 fully saturated rings. The van der Waals surface area contributed by atoms with Crippen molar-refractivity contribution in [1.82, 2.24) is 29.1 Å². The van der Waals surface area contributed by atoms with Crippen LogP contribution in [0.15, 0.2) is 82.6 Å². The fraction of sp³-hybridized carbons (Fsp3) is 0.604. The highest BCUT2D eigenvalue weighted by Crippen LogP contribution is 2.48. The van der Waals surface area contributed by atoms with Gasteiger partial charge in [0, 0.05) is 11.8 Å². The zero-order valence-corrected chi connectivity index (χ0v) is 46.2. The quantitative estimate of drug-likeness (QED) is 0.0875. The number of hydrogen-bond acceptors (Lipinski definition) is 14. The van der Waals surface area contributed by atoms with Gasteiger partial charge in [0.25, 0.3) is 13.9 Å². The number of fused-ring (bicyclic) bond motifs is 3. The van der Waals surface area contributed by atoms with Crippen molar-refractivity contribution in [1.29, 1.82) is 0 Å². The Balaban J connectivity index is 1.00. The Hall–Kier alpha value is -4.42. The summed E-state index contributed by atoms with van der Waals surface area (Å²) in [5, 5.41) is 1.96. The molecule has 7 heterocycles. The maximum atomic E-state index is 14.0. The van der Waals surface area contributed by atoms with Crippen molar-refractivity contribution in [3.63, 3.8) is 0 Å². The van der Waals surface area contributed by atoms with Gasteiger partial charge in [0.2, 0.25) is 0 Å². The standard InChI is InChI=1S/C53H75N7O10Si2/c1-31(2)71(32(3)4,33(5)6)63-28-38-43-45(70-53(12,13)68-43)48(66-38)59-34(27-40(61)58-50(59)62)21-20-26-37-42-44(69-52(10,11)67-42)49(65-37)60-39(57-41-46(54)55-30-56-47(41)60)29-64-72(51(7,8)9,35-22-16-14-17-23-35)36-24-18-15-19-25-36/h14-19,22-25,27,30-33,37-38,42-45,48-49H,20-21,26,28-29H2,1-13H3,(H2,54,55,56)(H,58,61,62)/t37-,38-,42-,43-,44-,45-,48-,49-/m1/s1. The average molecular weight is 1030 g/mol. The van der Waals surface area contributed by atoms with Crippen LogP contribution in [0.25, 0.3) is 11.2 Å². The van der Waals surface area contributed by atoms with Crippen molar-refractivity contribution >= 4 is 44.0 Å². The number of nitrogen functional groups attached to an aromatic ring is 1. The lowest BCUT2D eigenvalue weighted by atomic mass is 10.0. The smallest absolute Gasteiger partial charge is 0.330 e.